The number of benzene rings is 1. The van der Waals surface area contributed by atoms with Crippen LogP contribution >= 0.6 is 15.9 Å². The van der Waals surface area contributed by atoms with Gasteiger partial charge >= 0.3 is 0 Å². The highest BCUT2D eigenvalue weighted by molar-refractivity contribution is 9.10. The Morgan fingerprint density at radius 3 is 2.75 bits per heavy atom. The standard InChI is InChI=1S/C13H17BrFN/c1-10-4-6-16(7-5-10)9-11-8-12(14)2-3-13(11)15/h2-3,8,10H,4-7,9H2,1H3. The van der Waals surface area contributed by atoms with Crippen LogP contribution in [0.15, 0.2) is 22.7 Å². The van der Waals surface area contributed by atoms with Crippen LogP contribution in [0.2, 0.25) is 0 Å². The van der Waals surface area contributed by atoms with E-state index >= 15 is 0 Å². The van der Waals surface area contributed by atoms with Crippen molar-refractivity contribution in [2.75, 3.05) is 13.1 Å². The lowest BCUT2D eigenvalue weighted by molar-refractivity contribution is 0.183. The average molecular weight is 286 g/mol. The molecule has 2 rings (SSSR count). The van der Waals surface area contributed by atoms with Gasteiger partial charge in [-0.15, -0.1) is 0 Å². The quantitative estimate of drug-likeness (QED) is 0.799. The summed E-state index contributed by atoms with van der Waals surface area (Å²) in [5, 5.41) is 0. The van der Waals surface area contributed by atoms with E-state index in [0.29, 0.717) is 0 Å². The average Bonchev–Trinajstić information content (AvgIpc) is 2.27. The smallest absolute Gasteiger partial charge is 0.127 e. The highest BCUT2D eigenvalue weighted by atomic mass is 79.9. The first-order chi connectivity index (χ1) is 7.65. The Balaban J connectivity index is 2.00. The lowest BCUT2D eigenvalue weighted by atomic mass is 9.99. The van der Waals surface area contributed by atoms with Crippen molar-refractivity contribution in [3.63, 3.8) is 0 Å². The van der Waals surface area contributed by atoms with E-state index in [1.54, 1.807) is 6.07 Å². The van der Waals surface area contributed by atoms with E-state index in [2.05, 4.69) is 27.8 Å². The predicted octanol–water partition coefficient (Wildman–Crippen LogP) is 3.82. The van der Waals surface area contributed by atoms with Crippen LogP contribution in [0.1, 0.15) is 25.3 Å². The zero-order chi connectivity index (χ0) is 11.5. The summed E-state index contributed by atoms with van der Waals surface area (Å²) in [5.74, 6) is 0.727. The zero-order valence-corrected chi connectivity index (χ0v) is 11.1. The summed E-state index contributed by atoms with van der Waals surface area (Å²) in [6, 6.07) is 5.16. The van der Waals surface area contributed by atoms with Crippen LogP contribution in [-0.4, -0.2) is 18.0 Å². The molecule has 1 aliphatic heterocycles. The molecule has 1 nitrogen and oxygen atoms in total. The first-order valence-corrected chi connectivity index (χ1v) is 6.61. The summed E-state index contributed by atoms with van der Waals surface area (Å²) in [4.78, 5) is 2.34. The summed E-state index contributed by atoms with van der Waals surface area (Å²) in [7, 11) is 0. The lowest BCUT2D eigenvalue weighted by Gasteiger charge is -2.30. The monoisotopic (exact) mass is 285 g/mol. The van der Waals surface area contributed by atoms with Gasteiger partial charge in [-0.3, -0.25) is 4.90 Å². The second-order valence-electron chi connectivity index (χ2n) is 4.69. The van der Waals surface area contributed by atoms with Gasteiger partial charge in [-0.1, -0.05) is 22.9 Å². The number of halogens is 2. The molecule has 0 aliphatic carbocycles. The molecule has 1 fully saturated rings. The molecule has 16 heavy (non-hydrogen) atoms. The molecule has 0 spiro atoms. The van der Waals surface area contributed by atoms with Crippen molar-refractivity contribution in [1.82, 2.24) is 4.90 Å². The summed E-state index contributed by atoms with van der Waals surface area (Å²) in [5.41, 5.74) is 0.795. The van der Waals surface area contributed by atoms with Crippen molar-refractivity contribution in [3.05, 3.63) is 34.1 Å². The number of hydrogen-bond acceptors (Lipinski definition) is 1. The van der Waals surface area contributed by atoms with Crippen molar-refractivity contribution in [3.8, 4) is 0 Å². The molecule has 0 atom stereocenters. The Morgan fingerprint density at radius 2 is 2.06 bits per heavy atom. The molecule has 1 aromatic carbocycles. The number of nitrogens with zero attached hydrogens (tertiary/aromatic N) is 1. The number of rotatable bonds is 2. The first-order valence-electron chi connectivity index (χ1n) is 5.81. The van der Waals surface area contributed by atoms with Crippen LogP contribution in [-0.2, 0) is 6.54 Å². The summed E-state index contributed by atoms with van der Waals surface area (Å²) in [6.07, 6.45) is 2.46. The van der Waals surface area contributed by atoms with Gasteiger partial charge in [0, 0.05) is 16.6 Å². The van der Waals surface area contributed by atoms with Gasteiger partial charge < -0.3 is 0 Å². The van der Waals surface area contributed by atoms with Gasteiger partial charge in [0.15, 0.2) is 0 Å². The Morgan fingerprint density at radius 1 is 1.38 bits per heavy atom. The van der Waals surface area contributed by atoms with E-state index < -0.39 is 0 Å². The molecule has 0 unspecified atom stereocenters. The minimum atomic E-state index is -0.0955. The molecule has 0 radical (unpaired) electrons. The van der Waals surface area contributed by atoms with Crippen LogP contribution in [0.5, 0.6) is 0 Å². The summed E-state index contributed by atoms with van der Waals surface area (Å²) >= 11 is 3.39. The lowest BCUT2D eigenvalue weighted by Crippen LogP contribution is -2.32. The van der Waals surface area contributed by atoms with Gasteiger partial charge in [-0.05, 0) is 50.0 Å². The Bertz CT molecular complexity index is 359. The second-order valence-corrected chi connectivity index (χ2v) is 5.61. The number of likely N-dealkylation sites (tertiary alicyclic amines) is 1. The van der Waals surface area contributed by atoms with Gasteiger partial charge in [0.25, 0.3) is 0 Å². The van der Waals surface area contributed by atoms with Crippen LogP contribution in [0, 0.1) is 11.7 Å². The molecule has 88 valence electrons. The van der Waals surface area contributed by atoms with Crippen molar-refractivity contribution >= 4 is 15.9 Å². The highest BCUT2D eigenvalue weighted by Crippen LogP contribution is 2.21. The van der Waals surface area contributed by atoms with Gasteiger partial charge in [0.05, 0.1) is 0 Å². The first kappa shape index (κ1) is 12.1. The van der Waals surface area contributed by atoms with E-state index in [1.165, 1.54) is 18.9 Å². The number of piperidine rings is 1. The molecule has 0 saturated carbocycles. The van der Waals surface area contributed by atoms with Gasteiger partial charge in [0.2, 0.25) is 0 Å². The Kier molecular flexibility index (Phi) is 3.98. The minimum absolute atomic E-state index is 0.0955. The van der Waals surface area contributed by atoms with E-state index in [9.17, 15) is 4.39 Å². The molecule has 1 heterocycles. The third-order valence-corrected chi connectivity index (χ3v) is 3.77. The van der Waals surface area contributed by atoms with Crippen molar-refractivity contribution < 1.29 is 4.39 Å². The molecule has 0 amide bonds. The molecule has 0 aromatic heterocycles. The van der Waals surface area contributed by atoms with Crippen LogP contribution in [0.4, 0.5) is 4.39 Å². The molecule has 3 heteroatoms. The second kappa shape index (κ2) is 5.28. The number of hydrogen-bond donors (Lipinski definition) is 0. The van der Waals surface area contributed by atoms with E-state index in [1.807, 2.05) is 6.07 Å². The van der Waals surface area contributed by atoms with Crippen molar-refractivity contribution in [2.45, 2.75) is 26.3 Å². The topological polar surface area (TPSA) is 3.24 Å². The molecular weight excluding hydrogens is 269 g/mol. The molecule has 1 aromatic rings. The van der Waals surface area contributed by atoms with Gasteiger partial charge in [-0.2, -0.15) is 0 Å². The van der Waals surface area contributed by atoms with Gasteiger partial charge in [0.1, 0.15) is 5.82 Å². The highest BCUT2D eigenvalue weighted by Gasteiger charge is 2.16. The maximum Gasteiger partial charge on any atom is 0.127 e. The van der Waals surface area contributed by atoms with Crippen molar-refractivity contribution in [1.29, 1.82) is 0 Å². The fourth-order valence-corrected chi connectivity index (χ4v) is 2.53. The summed E-state index contributed by atoms with van der Waals surface area (Å²) < 4.78 is 14.5. The van der Waals surface area contributed by atoms with E-state index in [0.717, 1.165) is 35.6 Å². The molecule has 0 N–H and O–H groups in total. The van der Waals surface area contributed by atoms with Crippen LogP contribution < -0.4 is 0 Å². The SMILES string of the molecule is CC1CCN(Cc2cc(Br)ccc2F)CC1. The maximum absolute atomic E-state index is 13.6. The van der Waals surface area contributed by atoms with E-state index in [-0.39, 0.29) is 5.82 Å². The zero-order valence-electron chi connectivity index (χ0n) is 9.55. The van der Waals surface area contributed by atoms with Crippen LogP contribution in [0.25, 0.3) is 0 Å². The predicted molar refractivity (Wildman–Crippen MR) is 67.8 cm³/mol. The molecule has 0 bridgehead atoms. The Hall–Kier alpha value is -0.410. The fourth-order valence-electron chi connectivity index (χ4n) is 2.13. The molecular formula is C13H17BrFN. The fraction of sp³-hybridized carbons (Fsp3) is 0.538. The van der Waals surface area contributed by atoms with Crippen molar-refractivity contribution in [2.24, 2.45) is 5.92 Å². The third-order valence-electron chi connectivity index (χ3n) is 3.28. The Labute approximate surface area is 105 Å². The largest absolute Gasteiger partial charge is 0.299 e. The minimum Gasteiger partial charge on any atom is -0.299 e. The third kappa shape index (κ3) is 3.05. The maximum atomic E-state index is 13.6. The molecule has 1 saturated heterocycles. The van der Waals surface area contributed by atoms with Crippen LogP contribution in [0.3, 0.4) is 0 Å². The van der Waals surface area contributed by atoms with E-state index in [4.69, 9.17) is 0 Å². The summed E-state index contributed by atoms with van der Waals surface area (Å²) in [6.45, 7) is 5.20. The normalized spacial score (nSPS) is 18.9. The molecule has 1 aliphatic rings. The van der Waals surface area contributed by atoms with Gasteiger partial charge in [-0.25, -0.2) is 4.39 Å².